The van der Waals surface area contributed by atoms with Crippen LogP contribution in [0.25, 0.3) is 0 Å². The van der Waals surface area contributed by atoms with Gasteiger partial charge in [0.1, 0.15) is 5.84 Å². The normalized spacial score (nSPS) is 25.9. The zero-order valence-electron chi connectivity index (χ0n) is 9.60. The van der Waals surface area contributed by atoms with Gasteiger partial charge in [0.25, 0.3) is 0 Å². The SMILES string of the molecule is CSC1CCCC1N=C(N)c1ccccc1. The number of thioether (sulfide) groups is 1. The van der Waals surface area contributed by atoms with E-state index in [0.717, 1.165) is 5.56 Å². The molecule has 86 valence electrons. The molecule has 2 nitrogen and oxygen atoms in total. The van der Waals surface area contributed by atoms with Gasteiger partial charge >= 0.3 is 0 Å². The van der Waals surface area contributed by atoms with E-state index in [1.807, 2.05) is 42.1 Å². The van der Waals surface area contributed by atoms with Gasteiger partial charge in [-0.05, 0) is 19.1 Å². The predicted octanol–water partition coefficient (Wildman–Crippen LogP) is 2.68. The zero-order chi connectivity index (χ0) is 11.4. The predicted molar refractivity (Wildman–Crippen MR) is 72.1 cm³/mol. The van der Waals surface area contributed by atoms with Crippen LogP contribution in [0.3, 0.4) is 0 Å². The van der Waals surface area contributed by atoms with Crippen LogP contribution in [0.1, 0.15) is 24.8 Å². The summed E-state index contributed by atoms with van der Waals surface area (Å²) in [5, 5.41) is 0.655. The summed E-state index contributed by atoms with van der Waals surface area (Å²) in [4.78, 5) is 4.67. The monoisotopic (exact) mass is 234 g/mol. The highest BCUT2D eigenvalue weighted by atomic mass is 32.2. The molecule has 2 unspecified atom stereocenters. The van der Waals surface area contributed by atoms with E-state index in [2.05, 4.69) is 11.2 Å². The number of hydrogen-bond acceptors (Lipinski definition) is 2. The van der Waals surface area contributed by atoms with Crippen molar-refractivity contribution in [3.63, 3.8) is 0 Å². The molecule has 0 amide bonds. The summed E-state index contributed by atoms with van der Waals surface area (Å²) in [6.45, 7) is 0. The van der Waals surface area contributed by atoms with Crippen LogP contribution in [0.5, 0.6) is 0 Å². The third-order valence-electron chi connectivity index (χ3n) is 3.09. The first-order valence-corrected chi connectivity index (χ1v) is 7.01. The summed E-state index contributed by atoms with van der Waals surface area (Å²) in [6, 6.07) is 10.4. The molecule has 0 saturated heterocycles. The van der Waals surface area contributed by atoms with Gasteiger partial charge < -0.3 is 5.73 Å². The van der Waals surface area contributed by atoms with Crippen molar-refractivity contribution in [2.24, 2.45) is 10.7 Å². The molecule has 2 N–H and O–H groups in total. The summed E-state index contributed by atoms with van der Waals surface area (Å²) in [5.41, 5.74) is 7.07. The Morgan fingerprint density at radius 3 is 2.75 bits per heavy atom. The molecule has 16 heavy (non-hydrogen) atoms. The van der Waals surface area contributed by atoms with Crippen LogP contribution in [-0.4, -0.2) is 23.4 Å². The van der Waals surface area contributed by atoms with Crippen LogP contribution in [0.4, 0.5) is 0 Å². The molecule has 1 saturated carbocycles. The Bertz CT molecular complexity index is 361. The Morgan fingerprint density at radius 2 is 2.06 bits per heavy atom. The Hall–Kier alpha value is -0.960. The molecular weight excluding hydrogens is 216 g/mol. The number of aliphatic imine (C=N–C) groups is 1. The second-order valence-electron chi connectivity index (χ2n) is 4.15. The molecule has 3 heteroatoms. The highest BCUT2D eigenvalue weighted by Gasteiger charge is 2.26. The van der Waals surface area contributed by atoms with E-state index in [1.54, 1.807) is 0 Å². The Morgan fingerprint density at radius 1 is 1.31 bits per heavy atom. The Balaban J connectivity index is 2.12. The van der Waals surface area contributed by atoms with Crippen molar-refractivity contribution in [2.45, 2.75) is 30.6 Å². The minimum Gasteiger partial charge on any atom is -0.383 e. The smallest absolute Gasteiger partial charge is 0.125 e. The molecule has 1 aromatic rings. The van der Waals surface area contributed by atoms with Crippen molar-refractivity contribution in [3.8, 4) is 0 Å². The number of amidine groups is 1. The first kappa shape index (κ1) is 11.5. The van der Waals surface area contributed by atoms with Crippen LogP contribution in [-0.2, 0) is 0 Å². The van der Waals surface area contributed by atoms with Gasteiger partial charge in [-0.15, -0.1) is 0 Å². The summed E-state index contributed by atoms with van der Waals surface area (Å²) in [5.74, 6) is 0.687. The lowest BCUT2D eigenvalue weighted by Gasteiger charge is -2.13. The Labute approximate surface area is 101 Å². The molecule has 1 fully saturated rings. The zero-order valence-corrected chi connectivity index (χ0v) is 10.4. The number of benzene rings is 1. The fraction of sp³-hybridized carbons (Fsp3) is 0.462. The lowest BCUT2D eigenvalue weighted by atomic mass is 10.2. The van der Waals surface area contributed by atoms with E-state index in [-0.39, 0.29) is 0 Å². The molecule has 0 bridgehead atoms. The molecule has 1 aliphatic rings. The molecule has 1 aliphatic carbocycles. The largest absolute Gasteiger partial charge is 0.383 e. The average molecular weight is 234 g/mol. The lowest BCUT2D eigenvalue weighted by molar-refractivity contribution is 0.719. The van der Waals surface area contributed by atoms with E-state index in [9.17, 15) is 0 Å². The number of nitrogens with two attached hydrogens (primary N) is 1. The van der Waals surface area contributed by atoms with Gasteiger partial charge in [0.05, 0.1) is 6.04 Å². The third kappa shape index (κ3) is 2.59. The van der Waals surface area contributed by atoms with Crippen LogP contribution in [0, 0.1) is 0 Å². The minimum absolute atomic E-state index is 0.412. The fourth-order valence-electron chi connectivity index (χ4n) is 2.19. The van der Waals surface area contributed by atoms with Gasteiger partial charge in [-0.1, -0.05) is 36.8 Å². The number of hydrogen-bond donors (Lipinski definition) is 1. The molecule has 0 heterocycles. The van der Waals surface area contributed by atoms with Crippen molar-refractivity contribution < 1.29 is 0 Å². The maximum atomic E-state index is 6.03. The first-order chi connectivity index (χ1) is 7.81. The minimum atomic E-state index is 0.412. The fourth-order valence-corrected chi connectivity index (χ4v) is 3.10. The molecular formula is C13H18N2S. The molecule has 0 spiro atoms. The van der Waals surface area contributed by atoms with Gasteiger partial charge in [-0.2, -0.15) is 11.8 Å². The van der Waals surface area contributed by atoms with Gasteiger partial charge in [0.2, 0.25) is 0 Å². The van der Waals surface area contributed by atoms with Gasteiger partial charge in [0.15, 0.2) is 0 Å². The van der Waals surface area contributed by atoms with Gasteiger partial charge in [-0.25, -0.2) is 0 Å². The van der Waals surface area contributed by atoms with E-state index in [4.69, 9.17) is 5.73 Å². The standard InChI is InChI=1S/C13H18N2S/c1-16-12-9-5-8-11(12)15-13(14)10-6-3-2-4-7-10/h2-4,6-7,11-12H,5,8-9H2,1H3,(H2,14,15). The molecule has 2 atom stereocenters. The van der Waals surface area contributed by atoms with Crippen molar-refractivity contribution in [1.82, 2.24) is 0 Å². The van der Waals surface area contributed by atoms with Crippen LogP contribution in [0.2, 0.25) is 0 Å². The summed E-state index contributed by atoms with van der Waals surface area (Å²) >= 11 is 1.92. The molecule has 0 aliphatic heterocycles. The average Bonchev–Trinajstić information content (AvgIpc) is 2.77. The van der Waals surface area contributed by atoms with Crippen molar-refractivity contribution in [1.29, 1.82) is 0 Å². The molecule has 2 rings (SSSR count). The molecule has 1 aromatic carbocycles. The van der Waals surface area contributed by atoms with Crippen molar-refractivity contribution in [2.75, 3.05) is 6.26 Å². The van der Waals surface area contributed by atoms with E-state index >= 15 is 0 Å². The van der Waals surface area contributed by atoms with Crippen LogP contribution in [0.15, 0.2) is 35.3 Å². The van der Waals surface area contributed by atoms with E-state index in [1.165, 1.54) is 19.3 Å². The van der Waals surface area contributed by atoms with Gasteiger partial charge in [0, 0.05) is 10.8 Å². The second-order valence-corrected chi connectivity index (χ2v) is 5.23. The first-order valence-electron chi connectivity index (χ1n) is 5.72. The Kier molecular flexibility index (Phi) is 3.88. The second kappa shape index (κ2) is 5.39. The molecule has 0 aromatic heterocycles. The third-order valence-corrected chi connectivity index (χ3v) is 4.25. The molecule has 0 radical (unpaired) electrons. The summed E-state index contributed by atoms with van der Waals surface area (Å²) in [6.07, 6.45) is 5.90. The van der Waals surface area contributed by atoms with Crippen molar-refractivity contribution >= 4 is 17.6 Å². The maximum Gasteiger partial charge on any atom is 0.125 e. The van der Waals surface area contributed by atoms with E-state index in [0.29, 0.717) is 17.1 Å². The number of rotatable bonds is 3. The van der Waals surface area contributed by atoms with Crippen LogP contribution < -0.4 is 5.73 Å². The van der Waals surface area contributed by atoms with Crippen molar-refractivity contribution in [3.05, 3.63) is 35.9 Å². The summed E-state index contributed by atoms with van der Waals surface area (Å²) in [7, 11) is 0. The quantitative estimate of drug-likeness (QED) is 0.645. The maximum absolute atomic E-state index is 6.03. The van der Waals surface area contributed by atoms with Gasteiger partial charge in [-0.3, -0.25) is 4.99 Å². The van der Waals surface area contributed by atoms with E-state index < -0.39 is 0 Å². The highest BCUT2D eigenvalue weighted by Crippen LogP contribution is 2.30. The number of nitrogens with zero attached hydrogens (tertiary/aromatic N) is 1. The lowest BCUT2D eigenvalue weighted by Crippen LogP contribution is -2.21. The topological polar surface area (TPSA) is 38.4 Å². The summed E-state index contributed by atoms with van der Waals surface area (Å²) < 4.78 is 0. The van der Waals surface area contributed by atoms with Crippen LogP contribution >= 0.6 is 11.8 Å². The highest BCUT2D eigenvalue weighted by molar-refractivity contribution is 7.99.